The number of rotatable bonds is 4. The van der Waals surface area contributed by atoms with Gasteiger partial charge in [-0.1, -0.05) is 11.1 Å². The Hall–Kier alpha value is 0.900. The van der Waals surface area contributed by atoms with Crippen molar-refractivity contribution in [3.05, 3.63) is 11.1 Å². The van der Waals surface area contributed by atoms with Gasteiger partial charge in [0, 0.05) is 23.5 Å². The van der Waals surface area contributed by atoms with Gasteiger partial charge < -0.3 is 0 Å². The van der Waals surface area contributed by atoms with Gasteiger partial charge in [0.1, 0.15) is 0 Å². The first-order valence-electron chi connectivity index (χ1n) is 6.67. The highest BCUT2D eigenvalue weighted by Gasteiger charge is 2.35. The van der Waals surface area contributed by atoms with Crippen LogP contribution in [0, 0.1) is 23.7 Å². The third-order valence-electron chi connectivity index (χ3n) is 4.66. The maximum Gasteiger partial charge on any atom is 0.0258 e. The number of allylic oxidation sites excluding steroid dienone is 2. The van der Waals surface area contributed by atoms with E-state index in [-0.39, 0.29) is 0 Å². The molecule has 4 atom stereocenters. The van der Waals surface area contributed by atoms with Crippen LogP contribution in [0.15, 0.2) is 11.1 Å². The molecule has 0 fully saturated rings. The second-order valence-corrected chi connectivity index (χ2v) is 6.92. The van der Waals surface area contributed by atoms with Crippen LogP contribution < -0.4 is 0 Å². The molecule has 4 heteroatoms. The molecule has 0 saturated heterocycles. The highest BCUT2D eigenvalue weighted by molar-refractivity contribution is 6.19. The molecule has 0 aromatic carbocycles. The molecular weight excluding hydrogens is 310 g/mol. The first-order chi connectivity index (χ1) is 8.73. The molecule has 0 unspecified atom stereocenters. The fourth-order valence-electron chi connectivity index (χ4n) is 3.40. The van der Waals surface area contributed by atoms with Gasteiger partial charge in [0.25, 0.3) is 0 Å². The second-order valence-electron chi connectivity index (χ2n) is 5.68. The van der Waals surface area contributed by atoms with Crippen LogP contribution >= 0.6 is 46.4 Å². The van der Waals surface area contributed by atoms with Gasteiger partial charge in [0.15, 0.2) is 0 Å². The van der Waals surface area contributed by atoms with Crippen molar-refractivity contribution in [1.29, 1.82) is 0 Å². The lowest BCUT2D eigenvalue weighted by molar-refractivity contribution is 0.291. The molecular formula is C14H20Cl4. The van der Waals surface area contributed by atoms with Gasteiger partial charge in [-0.25, -0.2) is 0 Å². The summed E-state index contributed by atoms with van der Waals surface area (Å²) in [6.07, 6.45) is 4.49. The first kappa shape index (κ1) is 15.3. The molecule has 104 valence electrons. The van der Waals surface area contributed by atoms with Crippen molar-refractivity contribution < 1.29 is 0 Å². The van der Waals surface area contributed by atoms with Crippen LogP contribution in [-0.2, 0) is 0 Å². The highest BCUT2D eigenvalue weighted by atomic mass is 35.5. The van der Waals surface area contributed by atoms with Crippen molar-refractivity contribution in [3.63, 3.8) is 0 Å². The smallest absolute Gasteiger partial charge is 0.0258 e. The summed E-state index contributed by atoms with van der Waals surface area (Å²) >= 11 is 24.3. The summed E-state index contributed by atoms with van der Waals surface area (Å²) in [7, 11) is 0. The van der Waals surface area contributed by atoms with Crippen molar-refractivity contribution in [2.75, 3.05) is 23.5 Å². The molecule has 18 heavy (non-hydrogen) atoms. The summed E-state index contributed by atoms with van der Waals surface area (Å²) in [5.74, 6) is 5.07. The summed E-state index contributed by atoms with van der Waals surface area (Å²) in [6.45, 7) is 0. The second kappa shape index (κ2) is 7.07. The van der Waals surface area contributed by atoms with E-state index in [0.29, 0.717) is 23.7 Å². The van der Waals surface area contributed by atoms with Crippen LogP contribution in [0.4, 0.5) is 0 Å². The highest BCUT2D eigenvalue weighted by Crippen LogP contribution is 2.46. The Bertz CT molecular complexity index is 255. The maximum absolute atomic E-state index is 6.08. The Labute approximate surface area is 130 Å². The quantitative estimate of drug-likeness (QED) is 0.485. The summed E-state index contributed by atoms with van der Waals surface area (Å²) in [5, 5.41) is 0. The number of halogens is 4. The van der Waals surface area contributed by atoms with E-state index in [4.69, 9.17) is 46.4 Å². The average Bonchev–Trinajstić information content (AvgIpc) is 2.43. The van der Waals surface area contributed by atoms with Crippen LogP contribution in [0.2, 0.25) is 0 Å². The monoisotopic (exact) mass is 328 g/mol. The lowest BCUT2D eigenvalue weighted by Crippen LogP contribution is -2.31. The first-order valence-corrected chi connectivity index (χ1v) is 8.80. The lowest BCUT2D eigenvalue weighted by Gasteiger charge is -2.40. The van der Waals surface area contributed by atoms with Gasteiger partial charge in [-0.15, -0.1) is 46.4 Å². The van der Waals surface area contributed by atoms with Crippen LogP contribution in [0.1, 0.15) is 25.7 Å². The molecule has 0 heterocycles. The minimum Gasteiger partial charge on any atom is -0.126 e. The molecule has 0 amide bonds. The number of hydrogen-bond acceptors (Lipinski definition) is 0. The molecule has 0 spiro atoms. The van der Waals surface area contributed by atoms with E-state index >= 15 is 0 Å². The van der Waals surface area contributed by atoms with Gasteiger partial charge in [0.05, 0.1) is 0 Å². The Morgan fingerprint density at radius 2 is 0.778 bits per heavy atom. The Morgan fingerprint density at radius 1 is 0.556 bits per heavy atom. The summed E-state index contributed by atoms with van der Waals surface area (Å²) in [4.78, 5) is 0. The van der Waals surface area contributed by atoms with Crippen LogP contribution in [0.5, 0.6) is 0 Å². The molecule has 0 N–H and O–H groups in total. The van der Waals surface area contributed by atoms with E-state index in [1.165, 1.54) is 0 Å². The van der Waals surface area contributed by atoms with Gasteiger partial charge in [0.2, 0.25) is 0 Å². The zero-order chi connectivity index (χ0) is 13.1. The maximum atomic E-state index is 6.08. The zero-order valence-corrected chi connectivity index (χ0v) is 13.5. The van der Waals surface area contributed by atoms with E-state index in [1.807, 2.05) is 0 Å². The predicted molar refractivity (Wildman–Crippen MR) is 82.3 cm³/mol. The van der Waals surface area contributed by atoms with Crippen molar-refractivity contribution in [3.8, 4) is 0 Å². The van der Waals surface area contributed by atoms with Gasteiger partial charge in [-0.3, -0.25) is 0 Å². The molecule has 0 bridgehead atoms. The van der Waals surface area contributed by atoms with Crippen molar-refractivity contribution in [2.45, 2.75) is 25.7 Å². The predicted octanol–water partition coefficient (Wildman–Crippen LogP) is 5.29. The fourth-order valence-corrected chi connectivity index (χ4v) is 4.84. The summed E-state index contributed by atoms with van der Waals surface area (Å²) in [5.41, 5.74) is 3.21. The van der Waals surface area contributed by atoms with Crippen LogP contribution in [-0.4, -0.2) is 23.5 Å². The largest absolute Gasteiger partial charge is 0.126 e. The molecule has 0 aliphatic heterocycles. The zero-order valence-electron chi connectivity index (χ0n) is 10.5. The van der Waals surface area contributed by atoms with Crippen molar-refractivity contribution in [1.82, 2.24) is 0 Å². The average molecular weight is 330 g/mol. The molecule has 0 aromatic heterocycles. The van der Waals surface area contributed by atoms with Gasteiger partial charge in [-0.2, -0.15) is 0 Å². The normalized spacial score (nSPS) is 36.7. The molecule has 0 radical (unpaired) electrons. The number of hydrogen-bond donors (Lipinski definition) is 0. The van der Waals surface area contributed by atoms with Crippen molar-refractivity contribution >= 4 is 46.4 Å². The molecule has 2 aliphatic carbocycles. The Morgan fingerprint density at radius 3 is 0.944 bits per heavy atom. The van der Waals surface area contributed by atoms with Crippen LogP contribution in [0.25, 0.3) is 0 Å². The Kier molecular flexibility index (Phi) is 6.00. The summed E-state index contributed by atoms with van der Waals surface area (Å²) in [6, 6.07) is 0. The standard InChI is InChI=1S/C14H20Cl4/c15-5-11-1-9-2-13(7-17)14(8-18)4-10(9)3-12(11)6-16/h11-14H,1-8H2/t11-,12+,13-,14+. The molecule has 0 aromatic rings. The van der Waals surface area contributed by atoms with Gasteiger partial charge in [-0.05, 0) is 49.4 Å². The van der Waals surface area contributed by atoms with E-state index in [9.17, 15) is 0 Å². The SMILES string of the molecule is ClC[C@@H]1CC2=C(C[C@@H]1CCl)C[C@H](CCl)[C@H](CCl)C2. The van der Waals surface area contributed by atoms with E-state index in [1.54, 1.807) is 11.1 Å². The lowest BCUT2D eigenvalue weighted by atomic mass is 9.68. The van der Waals surface area contributed by atoms with Crippen molar-refractivity contribution in [2.24, 2.45) is 23.7 Å². The molecule has 2 rings (SSSR count). The minimum atomic E-state index is 0.548. The number of alkyl halides is 4. The third kappa shape index (κ3) is 3.14. The molecule has 0 saturated carbocycles. The summed E-state index contributed by atoms with van der Waals surface area (Å²) < 4.78 is 0. The topological polar surface area (TPSA) is 0 Å². The molecule has 2 aliphatic rings. The van der Waals surface area contributed by atoms with E-state index in [2.05, 4.69) is 0 Å². The third-order valence-corrected chi connectivity index (χ3v) is 6.25. The fraction of sp³-hybridized carbons (Fsp3) is 0.857. The minimum absolute atomic E-state index is 0.548. The Balaban J connectivity index is 2.14. The van der Waals surface area contributed by atoms with Gasteiger partial charge >= 0.3 is 0 Å². The van der Waals surface area contributed by atoms with E-state index in [0.717, 1.165) is 49.2 Å². The van der Waals surface area contributed by atoms with Crippen LogP contribution in [0.3, 0.4) is 0 Å². The molecule has 0 nitrogen and oxygen atoms in total. The van der Waals surface area contributed by atoms with E-state index < -0.39 is 0 Å².